The van der Waals surface area contributed by atoms with Crippen LogP contribution in [0.25, 0.3) is 0 Å². The number of aliphatic imine (C=N–C) groups is 3. The Morgan fingerprint density at radius 1 is 0.478 bits per heavy atom. The summed E-state index contributed by atoms with van der Waals surface area (Å²) in [6.07, 6.45) is 24.6. The molecular formula is C35H62N6O5. The molecule has 3 atom stereocenters. The summed E-state index contributed by atoms with van der Waals surface area (Å²) in [4.78, 5) is 73.2. The van der Waals surface area contributed by atoms with Gasteiger partial charge in [0.25, 0.3) is 0 Å². The molecule has 0 heterocycles. The highest BCUT2D eigenvalue weighted by molar-refractivity contribution is 5.94. The molecule has 2 N–H and O–H groups in total. The lowest BCUT2D eigenvalue weighted by Crippen LogP contribution is -2.56. The van der Waals surface area contributed by atoms with E-state index < -0.39 is 30.6 Å². The van der Waals surface area contributed by atoms with Crippen molar-refractivity contribution in [2.24, 2.45) is 15.0 Å². The van der Waals surface area contributed by atoms with Gasteiger partial charge in [0, 0.05) is 0 Å². The number of unbranched alkanes of at least 4 members (excludes halogenated alkanes) is 18. The van der Waals surface area contributed by atoms with Crippen molar-refractivity contribution in [3.63, 3.8) is 0 Å². The predicted molar refractivity (Wildman–Crippen MR) is 182 cm³/mol. The third kappa shape index (κ3) is 23.3. The number of hydrogen-bond acceptors (Lipinski definition) is 8. The molecule has 0 bridgehead atoms. The number of carbonyl (C=O) groups is 2. The zero-order valence-corrected chi connectivity index (χ0v) is 29.0. The molecule has 262 valence electrons. The fourth-order valence-corrected chi connectivity index (χ4v) is 5.44. The van der Waals surface area contributed by atoms with Crippen molar-refractivity contribution >= 4 is 30.3 Å². The fraction of sp³-hybridized carbons (Fsp3) is 0.857. The van der Waals surface area contributed by atoms with Crippen molar-refractivity contribution in [3.8, 4) is 0 Å². The Bertz CT molecular complexity index is 874. The summed E-state index contributed by atoms with van der Waals surface area (Å²) in [7, 11) is 0. The Balaban J connectivity index is 5.62. The van der Waals surface area contributed by atoms with Gasteiger partial charge in [-0.1, -0.05) is 136 Å². The third-order valence-electron chi connectivity index (χ3n) is 8.16. The van der Waals surface area contributed by atoms with E-state index in [4.69, 9.17) is 0 Å². The first-order valence-electron chi connectivity index (χ1n) is 18.1. The zero-order chi connectivity index (χ0) is 34.1. The van der Waals surface area contributed by atoms with E-state index in [0.717, 1.165) is 88.4 Å². The van der Waals surface area contributed by atoms with Crippen LogP contribution >= 0.6 is 0 Å². The highest BCUT2D eigenvalue weighted by atomic mass is 16.2. The maximum Gasteiger partial charge on any atom is 0.329 e. The van der Waals surface area contributed by atoms with Crippen molar-refractivity contribution < 1.29 is 24.0 Å². The van der Waals surface area contributed by atoms with E-state index in [1.54, 1.807) is 0 Å². The van der Waals surface area contributed by atoms with E-state index in [9.17, 15) is 24.0 Å². The minimum Gasteiger partial charge on any atom is -0.315 e. The van der Waals surface area contributed by atoms with E-state index >= 15 is 0 Å². The maximum absolute atomic E-state index is 13.6. The Morgan fingerprint density at radius 2 is 0.783 bits per heavy atom. The summed E-state index contributed by atoms with van der Waals surface area (Å²) >= 11 is 0. The van der Waals surface area contributed by atoms with Crippen molar-refractivity contribution in [2.75, 3.05) is 0 Å². The summed E-state index contributed by atoms with van der Waals surface area (Å²) < 4.78 is 0. The van der Waals surface area contributed by atoms with Crippen LogP contribution in [0.1, 0.15) is 175 Å². The van der Waals surface area contributed by atoms with Gasteiger partial charge >= 0.3 is 12.1 Å². The number of carbonyl (C=O) groups excluding carboxylic acids is 5. The van der Waals surface area contributed by atoms with Gasteiger partial charge < -0.3 is 10.6 Å². The summed E-state index contributed by atoms with van der Waals surface area (Å²) in [5.74, 6) is 0. The van der Waals surface area contributed by atoms with E-state index in [0.29, 0.717) is 19.3 Å². The molecule has 4 amide bonds. The fourth-order valence-electron chi connectivity index (χ4n) is 5.44. The summed E-state index contributed by atoms with van der Waals surface area (Å²) in [6, 6.07) is -1.69. The van der Waals surface area contributed by atoms with Crippen LogP contribution < -0.4 is 10.6 Å². The van der Waals surface area contributed by atoms with Crippen LogP contribution in [0, 0.1) is 0 Å². The largest absolute Gasteiger partial charge is 0.329 e. The van der Waals surface area contributed by atoms with Crippen molar-refractivity contribution in [2.45, 2.75) is 193 Å². The molecule has 0 fully saturated rings. The molecular weight excluding hydrogens is 584 g/mol. The highest BCUT2D eigenvalue weighted by Crippen LogP contribution is 2.17. The van der Waals surface area contributed by atoms with Gasteiger partial charge in [-0.2, -0.15) is 15.0 Å². The second kappa shape index (κ2) is 31.8. The molecule has 0 aliphatic rings. The van der Waals surface area contributed by atoms with Gasteiger partial charge in [-0.3, -0.25) is 0 Å². The normalized spacial score (nSPS) is 12.5. The van der Waals surface area contributed by atoms with Gasteiger partial charge in [-0.15, -0.1) is 0 Å². The third-order valence-corrected chi connectivity index (χ3v) is 8.16. The first-order chi connectivity index (χ1) is 22.5. The van der Waals surface area contributed by atoms with Crippen molar-refractivity contribution in [3.05, 3.63) is 0 Å². The van der Waals surface area contributed by atoms with Gasteiger partial charge in [0.15, 0.2) is 0 Å². The molecule has 0 aromatic heterocycles. The second-order valence-electron chi connectivity index (χ2n) is 12.2. The molecule has 0 saturated carbocycles. The SMILES string of the molecule is CCCCCCCCCC(N=C=O)NC(=O)N(C(=O)NC(CCCCCCCCC)N=C=O)C(CCCCCCCCC)N=C=O. The van der Waals surface area contributed by atoms with Crippen LogP contribution in [-0.2, 0) is 14.4 Å². The zero-order valence-electron chi connectivity index (χ0n) is 29.0. The minimum atomic E-state index is -1.12. The van der Waals surface area contributed by atoms with Gasteiger partial charge in [0.1, 0.15) is 18.5 Å². The minimum absolute atomic E-state index is 0.266. The van der Waals surface area contributed by atoms with E-state index in [-0.39, 0.29) is 6.42 Å². The maximum atomic E-state index is 13.6. The Kier molecular flexibility index (Phi) is 29.7. The average Bonchev–Trinajstić information content (AvgIpc) is 3.03. The number of amides is 4. The summed E-state index contributed by atoms with van der Waals surface area (Å²) in [6.45, 7) is 6.49. The molecule has 11 heteroatoms. The lowest BCUT2D eigenvalue weighted by molar-refractivity contribution is 0.161. The quantitative estimate of drug-likeness (QED) is 0.0453. The molecule has 11 nitrogen and oxygen atoms in total. The molecule has 0 saturated heterocycles. The smallest absolute Gasteiger partial charge is 0.315 e. The second-order valence-corrected chi connectivity index (χ2v) is 12.2. The molecule has 0 aromatic rings. The number of urea groups is 2. The Morgan fingerprint density at radius 3 is 1.11 bits per heavy atom. The number of hydrogen-bond donors (Lipinski definition) is 2. The Hall–Kier alpha value is -3.12. The average molecular weight is 647 g/mol. The molecule has 46 heavy (non-hydrogen) atoms. The topological polar surface area (TPSA) is 150 Å². The van der Waals surface area contributed by atoms with Crippen LogP contribution in [-0.4, -0.2) is 53.7 Å². The first kappa shape index (κ1) is 42.9. The number of isocyanates is 3. The van der Waals surface area contributed by atoms with Crippen LogP contribution in [0.5, 0.6) is 0 Å². The molecule has 0 radical (unpaired) electrons. The van der Waals surface area contributed by atoms with Crippen LogP contribution in [0.2, 0.25) is 0 Å². The van der Waals surface area contributed by atoms with Crippen LogP contribution in [0.3, 0.4) is 0 Å². The molecule has 0 aromatic carbocycles. The molecule has 0 rings (SSSR count). The van der Waals surface area contributed by atoms with Crippen molar-refractivity contribution in [1.29, 1.82) is 0 Å². The van der Waals surface area contributed by atoms with Gasteiger partial charge in [0.05, 0.1) is 0 Å². The van der Waals surface area contributed by atoms with Crippen LogP contribution in [0.15, 0.2) is 15.0 Å². The van der Waals surface area contributed by atoms with Gasteiger partial charge in [-0.25, -0.2) is 28.9 Å². The number of nitrogens with zero attached hydrogens (tertiary/aromatic N) is 4. The lowest BCUT2D eigenvalue weighted by atomic mass is 10.1. The standard InChI is InChI=1S/C35H62N6O5/c1-4-7-10-13-16-19-22-25-31(36-28-42)39-34(45)41(33(38-30-44)27-24-21-18-15-12-9-6-3)35(46)40-32(37-29-43)26-23-20-17-14-11-8-5-2/h31-33H,4-27H2,1-3H3,(H,39,45)(H,40,46). The number of nitrogens with one attached hydrogen (secondary N) is 2. The summed E-state index contributed by atoms with van der Waals surface area (Å²) in [5.41, 5.74) is 0. The first-order valence-corrected chi connectivity index (χ1v) is 18.1. The van der Waals surface area contributed by atoms with E-state index in [1.165, 1.54) is 63.2 Å². The predicted octanol–water partition coefficient (Wildman–Crippen LogP) is 9.12. The summed E-state index contributed by atoms with van der Waals surface area (Å²) in [5, 5.41) is 5.31. The number of imide groups is 1. The van der Waals surface area contributed by atoms with E-state index in [2.05, 4.69) is 46.4 Å². The highest BCUT2D eigenvalue weighted by Gasteiger charge is 2.32. The van der Waals surface area contributed by atoms with Gasteiger partial charge in [0.2, 0.25) is 18.2 Å². The molecule has 0 aliphatic carbocycles. The van der Waals surface area contributed by atoms with Crippen molar-refractivity contribution in [1.82, 2.24) is 15.5 Å². The molecule has 0 spiro atoms. The number of rotatable bonds is 30. The molecule has 0 aliphatic heterocycles. The lowest BCUT2D eigenvalue weighted by Gasteiger charge is -2.29. The van der Waals surface area contributed by atoms with Gasteiger partial charge in [-0.05, 0) is 38.5 Å². The molecule has 3 unspecified atom stereocenters. The van der Waals surface area contributed by atoms with E-state index in [1.807, 2.05) is 0 Å². The Labute approximate surface area is 278 Å². The monoisotopic (exact) mass is 646 g/mol. The van der Waals surface area contributed by atoms with Crippen LogP contribution in [0.4, 0.5) is 9.59 Å².